The van der Waals surface area contributed by atoms with E-state index in [1.54, 1.807) is 0 Å². The zero-order valence-corrected chi connectivity index (χ0v) is 14.8. The monoisotopic (exact) mass is 309 g/mol. The van der Waals surface area contributed by atoms with Gasteiger partial charge in [0, 0.05) is 17.0 Å². The molecule has 0 amide bonds. The van der Waals surface area contributed by atoms with Gasteiger partial charge >= 0.3 is 0 Å². The Bertz CT molecular complexity index is 510. The SMILES string of the molecule is CCNC(c1ccc(Cl)cc1C)C1CC(C)(C)OC1(C)C. The van der Waals surface area contributed by atoms with Crippen LogP contribution in [0, 0.1) is 12.8 Å². The van der Waals surface area contributed by atoms with Crippen molar-refractivity contribution in [3.8, 4) is 0 Å². The molecule has 1 aromatic rings. The summed E-state index contributed by atoms with van der Waals surface area (Å²) in [5.41, 5.74) is 2.37. The molecule has 0 bridgehead atoms. The highest BCUT2D eigenvalue weighted by Gasteiger charge is 2.49. The van der Waals surface area contributed by atoms with Gasteiger partial charge in [0.15, 0.2) is 0 Å². The van der Waals surface area contributed by atoms with Crippen LogP contribution in [-0.2, 0) is 4.74 Å². The lowest BCUT2D eigenvalue weighted by molar-refractivity contribution is -0.0778. The van der Waals surface area contributed by atoms with E-state index in [-0.39, 0.29) is 11.2 Å². The number of benzene rings is 1. The van der Waals surface area contributed by atoms with Gasteiger partial charge in [-0.2, -0.15) is 0 Å². The van der Waals surface area contributed by atoms with Crippen LogP contribution in [0.3, 0.4) is 0 Å². The van der Waals surface area contributed by atoms with Crippen molar-refractivity contribution in [3.63, 3.8) is 0 Å². The summed E-state index contributed by atoms with van der Waals surface area (Å²) in [5.74, 6) is 0.437. The first-order valence-electron chi connectivity index (χ1n) is 7.86. The lowest BCUT2D eigenvalue weighted by Crippen LogP contribution is -2.38. The number of halogens is 1. The Labute approximate surface area is 134 Å². The molecule has 2 unspecified atom stereocenters. The summed E-state index contributed by atoms with van der Waals surface area (Å²) in [7, 11) is 0. The topological polar surface area (TPSA) is 21.3 Å². The number of nitrogens with one attached hydrogen (secondary N) is 1. The summed E-state index contributed by atoms with van der Waals surface area (Å²) in [6.45, 7) is 14.0. The van der Waals surface area contributed by atoms with Crippen molar-refractivity contribution in [2.75, 3.05) is 6.54 Å². The van der Waals surface area contributed by atoms with E-state index in [9.17, 15) is 0 Å². The molecule has 21 heavy (non-hydrogen) atoms. The van der Waals surface area contributed by atoms with E-state index >= 15 is 0 Å². The number of rotatable bonds is 4. The van der Waals surface area contributed by atoms with Gasteiger partial charge in [0.2, 0.25) is 0 Å². The maximum absolute atomic E-state index is 6.30. The van der Waals surface area contributed by atoms with Crippen LogP contribution in [0.4, 0.5) is 0 Å². The fourth-order valence-corrected chi connectivity index (χ4v) is 4.03. The maximum atomic E-state index is 6.30. The molecule has 2 nitrogen and oxygen atoms in total. The van der Waals surface area contributed by atoms with E-state index in [1.807, 2.05) is 6.07 Å². The normalized spacial score (nSPS) is 25.0. The second kappa shape index (κ2) is 5.91. The predicted molar refractivity (Wildman–Crippen MR) is 90.0 cm³/mol. The molecule has 1 heterocycles. The molecule has 0 spiro atoms. The van der Waals surface area contributed by atoms with E-state index < -0.39 is 0 Å². The van der Waals surface area contributed by atoms with Crippen molar-refractivity contribution in [1.82, 2.24) is 5.32 Å². The van der Waals surface area contributed by atoms with Gasteiger partial charge in [0.25, 0.3) is 0 Å². The van der Waals surface area contributed by atoms with Gasteiger partial charge in [-0.3, -0.25) is 0 Å². The molecule has 1 aliphatic heterocycles. The largest absolute Gasteiger partial charge is 0.369 e. The first-order chi connectivity index (χ1) is 9.66. The van der Waals surface area contributed by atoms with Gasteiger partial charge in [-0.05, 0) is 70.8 Å². The average molecular weight is 310 g/mol. The van der Waals surface area contributed by atoms with Crippen LogP contribution >= 0.6 is 11.6 Å². The average Bonchev–Trinajstić information content (AvgIpc) is 2.55. The lowest BCUT2D eigenvalue weighted by Gasteiger charge is -2.34. The van der Waals surface area contributed by atoms with E-state index in [2.05, 4.69) is 59.0 Å². The highest BCUT2D eigenvalue weighted by molar-refractivity contribution is 6.30. The first-order valence-corrected chi connectivity index (χ1v) is 8.24. The quantitative estimate of drug-likeness (QED) is 0.854. The summed E-state index contributed by atoms with van der Waals surface area (Å²) < 4.78 is 6.30. The molecule has 3 heteroatoms. The molecule has 1 aliphatic rings. The van der Waals surface area contributed by atoms with Gasteiger partial charge in [0.05, 0.1) is 11.2 Å². The van der Waals surface area contributed by atoms with Crippen molar-refractivity contribution in [3.05, 3.63) is 34.3 Å². The molecule has 0 aromatic heterocycles. The van der Waals surface area contributed by atoms with Crippen LogP contribution in [0.25, 0.3) is 0 Å². The Balaban J connectivity index is 2.39. The van der Waals surface area contributed by atoms with Gasteiger partial charge in [-0.1, -0.05) is 24.6 Å². The fraction of sp³-hybridized carbons (Fsp3) is 0.667. The van der Waals surface area contributed by atoms with Crippen LogP contribution in [0.5, 0.6) is 0 Å². The van der Waals surface area contributed by atoms with Crippen molar-refractivity contribution in [2.45, 2.75) is 65.2 Å². The zero-order valence-electron chi connectivity index (χ0n) is 14.1. The molecule has 0 saturated carbocycles. The van der Waals surface area contributed by atoms with Gasteiger partial charge in [-0.25, -0.2) is 0 Å². The van der Waals surface area contributed by atoms with Crippen LogP contribution < -0.4 is 5.32 Å². The van der Waals surface area contributed by atoms with E-state index in [4.69, 9.17) is 16.3 Å². The molecule has 0 aliphatic carbocycles. The van der Waals surface area contributed by atoms with Crippen molar-refractivity contribution in [2.24, 2.45) is 5.92 Å². The lowest BCUT2D eigenvalue weighted by atomic mass is 9.78. The smallest absolute Gasteiger partial charge is 0.0681 e. The Hall–Kier alpha value is -0.570. The molecule has 2 atom stereocenters. The molecular formula is C18H28ClNO. The van der Waals surface area contributed by atoms with Crippen LogP contribution in [0.2, 0.25) is 5.02 Å². The van der Waals surface area contributed by atoms with Crippen LogP contribution in [0.15, 0.2) is 18.2 Å². The Morgan fingerprint density at radius 2 is 2.00 bits per heavy atom. The number of hydrogen-bond acceptors (Lipinski definition) is 2. The molecular weight excluding hydrogens is 282 g/mol. The van der Waals surface area contributed by atoms with Crippen LogP contribution in [-0.4, -0.2) is 17.7 Å². The highest BCUT2D eigenvalue weighted by atomic mass is 35.5. The first kappa shape index (κ1) is 16.8. The van der Waals surface area contributed by atoms with E-state index in [1.165, 1.54) is 11.1 Å². The van der Waals surface area contributed by atoms with Gasteiger partial charge < -0.3 is 10.1 Å². The number of hydrogen-bond donors (Lipinski definition) is 1. The van der Waals surface area contributed by atoms with E-state index in [0.717, 1.165) is 18.0 Å². The minimum atomic E-state index is -0.136. The standard InChI is InChI=1S/C18H28ClNO/c1-7-20-16(14-9-8-13(19)10-12(14)2)15-11-17(3,4)21-18(15,5)6/h8-10,15-16,20H,7,11H2,1-6H3. The van der Waals surface area contributed by atoms with Crippen LogP contribution in [0.1, 0.15) is 58.2 Å². The Morgan fingerprint density at radius 3 is 2.48 bits per heavy atom. The second-order valence-electron chi connectivity index (χ2n) is 7.31. The minimum absolute atomic E-state index is 0.0673. The molecule has 0 radical (unpaired) electrons. The highest BCUT2D eigenvalue weighted by Crippen LogP contribution is 2.48. The summed E-state index contributed by atoms with van der Waals surface area (Å²) >= 11 is 6.11. The third-order valence-corrected chi connectivity index (χ3v) is 4.77. The molecule has 118 valence electrons. The zero-order chi connectivity index (χ0) is 15.8. The predicted octanol–water partition coefficient (Wildman–Crippen LogP) is 4.89. The van der Waals surface area contributed by atoms with Gasteiger partial charge in [-0.15, -0.1) is 0 Å². The fourth-order valence-electron chi connectivity index (χ4n) is 3.80. The minimum Gasteiger partial charge on any atom is -0.369 e. The molecule has 1 N–H and O–H groups in total. The number of aryl methyl sites for hydroxylation is 1. The van der Waals surface area contributed by atoms with Crippen molar-refractivity contribution < 1.29 is 4.74 Å². The van der Waals surface area contributed by atoms with Gasteiger partial charge in [0.1, 0.15) is 0 Å². The summed E-state index contributed by atoms with van der Waals surface area (Å²) in [4.78, 5) is 0. The maximum Gasteiger partial charge on any atom is 0.0681 e. The second-order valence-corrected chi connectivity index (χ2v) is 7.75. The Morgan fingerprint density at radius 1 is 1.33 bits per heavy atom. The van der Waals surface area contributed by atoms with Crippen molar-refractivity contribution >= 4 is 11.6 Å². The summed E-state index contributed by atoms with van der Waals surface area (Å²) in [5, 5.41) is 4.47. The third kappa shape index (κ3) is 3.61. The van der Waals surface area contributed by atoms with E-state index in [0.29, 0.717) is 12.0 Å². The summed E-state index contributed by atoms with van der Waals surface area (Å²) in [6.07, 6.45) is 1.06. The number of ether oxygens (including phenoxy) is 1. The molecule has 1 aromatic carbocycles. The molecule has 2 rings (SSSR count). The Kier molecular flexibility index (Phi) is 4.72. The summed E-state index contributed by atoms with van der Waals surface area (Å²) in [6, 6.07) is 6.49. The third-order valence-electron chi connectivity index (χ3n) is 4.54. The molecule has 1 fully saturated rings. The van der Waals surface area contributed by atoms with Crippen molar-refractivity contribution in [1.29, 1.82) is 0 Å². The molecule has 1 saturated heterocycles.